The SMILES string of the molecule is CCC(=O)Nc1sc2c(c1C(N)=O)CCN(CC)C2. The summed E-state index contributed by atoms with van der Waals surface area (Å²) in [4.78, 5) is 26.6. The molecular weight excluding hydrogens is 262 g/mol. The van der Waals surface area contributed by atoms with Crippen LogP contribution in [0, 0.1) is 0 Å². The molecule has 1 aliphatic rings. The first-order valence-electron chi connectivity index (χ1n) is 6.53. The first-order chi connectivity index (χ1) is 9.06. The maximum Gasteiger partial charge on any atom is 0.251 e. The molecule has 1 aromatic heterocycles. The van der Waals surface area contributed by atoms with Gasteiger partial charge in [0.05, 0.1) is 5.56 Å². The van der Waals surface area contributed by atoms with Gasteiger partial charge in [0, 0.05) is 24.4 Å². The van der Waals surface area contributed by atoms with Crippen molar-refractivity contribution in [1.29, 1.82) is 0 Å². The zero-order chi connectivity index (χ0) is 14.0. The number of likely N-dealkylation sites (N-methyl/N-ethyl adjacent to an activating group) is 1. The molecule has 19 heavy (non-hydrogen) atoms. The van der Waals surface area contributed by atoms with Crippen molar-refractivity contribution in [2.24, 2.45) is 5.73 Å². The van der Waals surface area contributed by atoms with Crippen molar-refractivity contribution in [3.63, 3.8) is 0 Å². The minimum absolute atomic E-state index is 0.0894. The molecule has 1 aromatic rings. The van der Waals surface area contributed by atoms with Crippen molar-refractivity contribution in [3.8, 4) is 0 Å². The summed E-state index contributed by atoms with van der Waals surface area (Å²) in [5.74, 6) is -0.540. The van der Waals surface area contributed by atoms with E-state index in [1.807, 2.05) is 0 Å². The summed E-state index contributed by atoms with van der Waals surface area (Å²) in [5, 5.41) is 3.41. The van der Waals surface area contributed by atoms with Gasteiger partial charge in [0.15, 0.2) is 0 Å². The standard InChI is InChI=1S/C13H19N3O2S/c1-3-10(17)15-13-11(12(14)18)8-5-6-16(4-2)7-9(8)19-13/h3-7H2,1-2H3,(H2,14,18)(H,15,17). The van der Waals surface area contributed by atoms with E-state index in [4.69, 9.17) is 5.73 Å². The van der Waals surface area contributed by atoms with E-state index in [1.54, 1.807) is 6.92 Å². The smallest absolute Gasteiger partial charge is 0.251 e. The summed E-state index contributed by atoms with van der Waals surface area (Å²) in [5.41, 5.74) is 7.00. The minimum atomic E-state index is -0.450. The van der Waals surface area contributed by atoms with Gasteiger partial charge in [-0.1, -0.05) is 13.8 Å². The molecule has 0 bridgehead atoms. The highest BCUT2D eigenvalue weighted by molar-refractivity contribution is 7.17. The average Bonchev–Trinajstić information content (AvgIpc) is 2.74. The van der Waals surface area contributed by atoms with Crippen LogP contribution >= 0.6 is 11.3 Å². The van der Waals surface area contributed by atoms with Gasteiger partial charge < -0.3 is 11.1 Å². The number of carbonyl (C=O) groups is 2. The number of carbonyl (C=O) groups excluding carboxylic acids is 2. The van der Waals surface area contributed by atoms with Crippen LogP contribution in [0.1, 0.15) is 41.1 Å². The highest BCUT2D eigenvalue weighted by Gasteiger charge is 2.26. The summed E-state index contributed by atoms with van der Waals surface area (Å²) in [7, 11) is 0. The summed E-state index contributed by atoms with van der Waals surface area (Å²) >= 11 is 1.48. The van der Waals surface area contributed by atoms with Gasteiger partial charge >= 0.3 is 0 Å². The third kappa shape index (κ3) is 2.79. The fourth-order valence-corrected chi connectivity index (χ4v) is 3.60. The molecule has 0 unspecified atom stereocenters. The molecule has 0 aliphatic carbocycles. The Morgan fingerprint density at radius 1 is 1.42 bits per heavy atom. The molecule has 5 nitrogen and oxygen atoms in total. The molecule has 0 fully saturated rings. The van der Waals surface area contributed by atoms with Crippen LogP contribution in [0.3, 0.4) is 0 Å². The Balaban J connectivity index is 2.36. The number of nitrogens with two attached hydrogens (primary N) is 1. The van der Waals surface area contributed by atoms with Gasteiger partial charge in [-0.25, -0.2) is 0 Å². The second-order valence-electron chi connectivity index (χ2n) is 4.59. The predicted molar refractivity (Wildman–Crippen MR) is 76.4 cm³/mol. The number of nitrogens with one attached hydrogen (secondary N) is 1. The van der Waals surface area contributed by atoms with Gasteiger partial charge in [-0.15, -0.1) is 11.3 Å². The lowest BCUT2D eigenvalue weighted by Crippen LogP contribution is -2.30. The first-order valence-corrected chi connectivity index (χ1v) is 7.35. The molecule has 0 saturated heterocycles. The van der Waals surface area contributed by atoms with E-state index in [9.17, 15) is 9.59 Å². The lowest BCUT2D eigenvalue weighted by atomic mass is 10.0. The molecule has 0 atom stereocenters. The fraction of sp³-hybridized carbons (Fsp3) is 0.538. The van der Waals surface area contributed by atoms with E-state index >= 15 is 0 Å². The normalized spacial score (nSPS) is 15.1. The van der Waals surface area contributed by atoms with Crippen molar-refractivity contribution < 1.29 is 9.59 Å². The third-order valence-corrected chi connectivity index (χ3v) is 4.54. The summed E-state index contributed by atoms with van der Waals surface area (Å²) in [6.45, 7) is 6.65. The number of amides is 2. The Morgan fingerprint density at radius 2 is 2.16 bits per heavy atom. The zero-order valence-corrected chi connectivity index (χ0v) is 12.1. The van der Waals surface area contributed by atoms with Crippen LogP contribution in [0.4, 0.5) is 5.00 Å². The van der Waals surface area contributed by atoms with Gasteiger partial charge in [-0.05, 0) is 18.5 Å². The average molecular weight is 281 g/mol. The van der Waals surface area contributed by atoms with Crippen molar-refractivity contribution in [2.45, 2.75) is 33.2 Å². The molecule has 0 radical (unpaired) electrons. The number of fused-ring (bicyclic) bond motifs is 1. The van der Waals surface area contributed by atoms with Gasteiger partial charge in [0.2, 0.25) is 5.91 Å². The van der Waals surface area contributed by atoms with Crippen LogP contribution in [-0.2, 0) is 17.8 Å². The monoisotopic (exact) mass is 281 g/mol. The van der Waals surface area contributed by atoms with Crippen molar-refractivity contribution in [2.75, 3.05) is 18.4 Å². The Bertz CT molecular complexity index is 510. The van der Waals surface area contributed by atoms with E-state index < -0.39 is 5.91 Å². The Hall–Kier alpha value is -1.40. The van der Waals surface area contributed by atoms with Crippen LogP contribution in [0.5, 0.6) is 0 Å². The summed E-state index contributed by atoms with van der Waals surface area (Å²) in [6.07, 6.45) is 1.21. The lowest BCUT2D eigenvalue weighted by molar-refractivity contribution is -0.115. The van der Waals surface area contributed by atoms with Crippen LogP contribution in [-0.4, -0.2) is 29.8 Å². The molecule has 3 N–H and O–H groups in total. The summed E-state index contributed by atoms with van der Waals surface area (Å²) in [6, 6.07) is 0. The lowest BCUT2D eigenvalue weighted by Gasteiger charge is -2.25. The van der Waals surface area contributed by atoms with Crippen molar-refractivity contribution in [3.05, 3.63) is 16.0 Å². The number of anilines is 1. The number of hydrogen-bond donors (Lipinski definition) is 2. The fourth-order valence-electron chi connectivity index (χ4n) is 2.29. The van der Waals surface area contributed by atoms with E-state index in [2.05, 4.69) is 17.1 Å². The topological polar surface area (TPSA) is 75.4 Å². The number of primary amides is 1. The molecule has 0 spiro atoms. The minimum Gasteiger partial charge on any atom is -0.365 e. The van der Waals surface area contributed by atoms with Crippen molar-refractivity contribution in [1.82, 2.24) is 4.90 Å². The number of nitrogens with zero attached hydrogens (tertiary/aromatic N) is 1. The maximum absolute atomic E-state index is 11.6. The van der Waals surface area contributed by atoms with E-state index in [1.165, 1.54) is 11.3 Å². The third-order valence-electron chi connectivity index (χ3n) is 3.40. The van der Waals surface area contributed by atoms with Crippen LogP contribution < -0.4 is 11.1 Å². The van der Waals surface area contributed by atoms with Crippen LogP contribution in [0.25, 0.3) is 0 Å². The molecule has 0 saturated carbocycles. The van der Waals surface area contributed by atoms with Crippen LogP contribution in [0.15, 0.2) is 0 Å². The molecule has 2 amide bonds. The van der Waals surface area contributed by atoms with Gasteiger partial charge in [0.1, 0.15) is 5.00 Å². The molecule has 104 valence electrons. The molecule has 1 aliphatic heterocycles. The highest BCUT2D eigenvalue weighted by atomic mass is 32.1. The number of thiophene rings is 1. The molecule has 2 rings (SSSR count). The Morgan fingerprint density at radius 3 is 2.74 bits per heavy atom. The zero-order valence-electron chi connectivity index (χ0n) is 11.3. The molecule has 0 aromatic carbocycles. The second kappa shape index (κ2) is 5.71. The quantitative estimate of drug-likeness (QED) is 0.879. The largest absolute Gasteiger partial charge is 0.365 e. The predicted octanol–water partition coefficient (Wildman–Crippen LogP) is 1.57. The molecule has 6 heteroatoms. The van der Waals surface area contributed by atoms with Crippen LogP contribution in [0.2, 0.25) is 0 Å². The maximum atomic E-state index is 11.6. The Kier molecular flexibility index (Phi) is 4.21. The summed E-state index contributed by atoms with van der Waals surface area (Å²) < 4.78 is 0. The van der Waals surface area contributed by atoms with E-state index in [-0.39, 0.29) is 5.91 Å². The van der Waals surface area contributed by atoms with E-state index in [0.717, 1.165) is 36.5 Å². The number of hydrogen-bond acceptors (Lipinski definition) is 4. The first kappa shape index (κ1) is 14.0. The van der Waals surface area contributed by atoms with Gasteiger partial charge in [-0.3, -0.25) is 14.5 Å². The second-order valence-corrected chi connectivity index (χ2v) is 5.70. The van der Waals surface area contributed by atoms with Gasteiger partial charge in [0.25, 0.3) is 5.91 Å². The van der Waals surface area contributed by atoms with Crippen molar-refractivity contribution >= 4 is 28.2 Å². The van der Waals surface area contributed by atoms with E-state index in [0.29, 0.717) is 17.0 Å². The Labute approximate surface area is 116 Å². The molecular formula is C13H19N3O2S. The van der Waals surface area contributed by atoms with Gasteiger partial charge in [-0.2, -0.15) is 0 Å². The molecule has 2 heterocycles. The highest BCUT2D eigenvalue weighted by Crippen LogP contribution is 2.36. The number of rotatable bonds is 4.